The summed E-state index contributed by atoms with van der Waals surface area (Å²) < 4.78 is 29.2. The second kappa shape index (κ2) is 7.66. The average Bonchev–Trinajstić information content (AvgIpc) is 2.98. The van der Waals surface area contributed by atoms with Crippen molar-refractivity contribution >= 4 is 16.9 Å². The minimum absolute atomic E-state index is 0.194. The maximum atomic E-state index is 12.2. The van der Waals surface area contributed by atoms with Crippen LogP contribution in [0, 0.1) is 18.6 Å². The number of methoxy groups -OCH3 is 1. The number of aromatic amines is 1. The zero-order chi connectivity index (χ0) is 18.7. The Kier molecular flexibility index (Phi) is 5.32. The van der Waals surface area contributed by atoms with Gasteiger partial charge in [-0.2, -0.15) is 0 Å². The number of fused-ring (bicyclic) bond motifs is 3. The SMILES string of the molecule is COC(=O)C1Cc2c([nH]c3ccccc23)CN1.Cc1cc(F)cc(F)c1. The van der Waals surface area contributed by atoms with Gasteiger partial charge in [-0.3, -0.25) is 10.1 Å². The fourth-order valence-corrected chi connectivity index (χ4v) is 3.14. The summed E-state index contributed by atoms with van der Waals surface area (Å²) in [7, 11) is 1.43. The van der Waals surface area contributed by atoms with Gasteiger partial charge in [-0.1, -0.05) is 18.2 Å². The molecule has 4 rings (SSSR count). The number of nitrogens with one attached hydrogen (secondary N) is 2. The lowest BCUT2D eigenvalue weighted by Gasteiger charge is -2.21. The van der Waals surface area contributed by atoms with Gasteiger partial charge in [-0.15, -0.1) is 0 Å². The van der Waals surface area contributed by atoms with E-state index in [1.807, 2.05) is 12.1 Å². The van der Waals surface area contributed by atoms with Crippen LogP contribution in [0.25, 0.3) is 10.9 Å². The van der Waals surface area contributed by atoms with Gasteiger partial charge < -0.3 is 9.72 Å². The lowest BCUT2D eigenvalue weighted by Crippen LogP contribution is -2.42. The predicted octanol–water partition coefficient (Wildman–Crippen LogP) is 3.63. The third kappa shape index (κ3) is 3.91. The molecular weight excluding hydrogens is 338 g/mol. The number of benzene rings is 2. The number of rotatable bonds is 1. The van der Waals surface area contributed by atoms with E-state index in [1.165, 1.54) is 35.9 Å². The van der Waals surface area contributed by atoms with Crippen LogP contribution in [0.2, 0.25) is 0 Å². The molecule has 0 amide bonds. The van der Waals surface area contributed by atoms with E-state index >= 15 is 0 Å². The standard InChI is InChI=1S/C13H14N2O2.C7H6F2/c1-17-13(16)11-6-9-8-4-2-3-5-10(8)15-12(9)7-14-11;1-5-2-6(8)4-7(9)3-5/h2-5,11,14-15H,6-7H2,1H3;2-4H,1H3. The Balaban J connectivity index is 0.000000185. The first-order valence-electron chi connectivity index (χ1n) is 8.30. The van der Waals surface area contributed by atoms with Gasteiger partial charge in [0.2, 0.25) is 0 Å². The topological polar surface area (TPSA) is 54.1 Å². The molecule has 0 saturated carbocycles. The zero-order valence-electron chi connectivity index (χ0n) is 14.6. The van der Waals surface area contributed by atoms with Gasteiger partial charge in [0.25, 0.3) is 0 Å². The van der Waals surface area contributed by atoms with Gasteiger partial charge in [-0.25, -0.2) is 8.78 Å². The normalized spacial score (nSPS) is 15.8. The summed E-state index contributed by atoms with van der Waals surface area (Å²) in [6.07, 6.45) is 0.687. The summed E-state index contributed by atoms with van der Waals surface area (Å²) in [5.74, 6) is -1.24. The molecule has 2 N–H and O–H groups in total. The summed E-state index contributed by atoms with van der Waals surface area (Å²) in [5.41, 5.74) is 4.14. The molecule has 6 heteroatoms. The van der Waals surface area contributed by atoms with Crippen molar-refractivity contribution in [3.05, 3.63) is 70.9 Å². The van der Waals surface area contributed by atoms with E-state index in [4.69, 9.17) is 4.74 Å². The van der Waals surface area contributed by atoms with Crippen LogP contribution in [0.4, 0.5) is 8.78 Å². The highest BCUT2D eigenvalue weighted by Crippen LogP contribution is 2.26. The number of para-hydroxylation sites is 1. The first-order valence-corrected chi connectivity index (χ1v) is 8.30. The molecule has 0 aliphatic carbocycles. The Morgan fingerprint density at radius 2 is 1.85 bits per heavy atom. The molecule has 1 aliphatic heterocycles. The number of H-pyrrole nitrogens is 1. The van der Waals surface area contributed by atoms with Crippen molar-refractivity contribution < 1.29 is 18.3 Å². The molecule has 4 nitrogen and oxygen atoms in total. The van der Waals surface area contributed by atoms with E-state index in [-0.39, 0.29) is 12.0 Å². The van der Waals surface area contributed by atoms with Gasteiger partial charge in [0.1, 0.15) is 17.7 Å². The Bertz CT molecular complexity index is 886. The van der Waals surface area contributed by atoms with Crippen molar-refractivity contribution in [3.63, 3.8) is 0 Å². The Morgan fingerprint density at radius 1 is 1.15 bits per heavy atom. The van der Waals surface area contributed by atoms with Crippen molar-refractivity contribution in [3.8, 4) is 0 Å². The first-order chi connectivity index (χ1) is 12.5. The molecule has 1 atom stereocenters. The molecule has 0 spiro atoms. The molecule has 0 saturated heterocycles. The number of ether oxygens (including phenoxy) is 1. The van der Waals surface area contributed by atoms with E-state index in [9.17, 15) is 13.6 Å². The van der Waals surface area contributed by atoms with E-state index in [0.29, 0.717) is 18.5 Å². The second-order valence-corrected chi connectivity index (χ2v) is 6.24. The van der Waals surface area contributed by atoms with Crippen LogP contribution in [-0.2, 0) is 22.5 Å². The van der Waals surface area contributed by atoms with Gasteiger partial charge in [0.05, 0.1) is 7.11 Å². The number of hydrogen-bond acceptors (Lipinski definition) is 3. The lowest BCUT2D eigenvalue weighted by molar-refractivity contribution is -0.143. The van der Waals surface area contributed by atoms with Crippen LogP contribution in [0.5, 0.6) is 0 Å². The van der Waals surface area contributed by atoms with Crippen molar-refractivity contribution in [2.45, 2.75) is 25.9 Å². The van der Waals surface area contributed by atoms with Crippen LogP contribution < -0.4 is 5.32 Å². The first kappa shape index (κ1) is 18.1. The molecule has 2 heterocycles. The van der Waals surface area contributed by atoms with Crippen LogP contribution >= 0.6 is 0 Å². The predicted molar refractivity (Wildman–Crippen MR) is 95.7 cm³/mol. The summed E-state index contributed by atoms with van der Waals surface area (Å²) in [6, 6.07) is 11.4. The number of halogens is 2. The zero-order valence-corrected chi connectivity index (χ0v) is 14.6. The lowest BCUT2D eigenvalue weighted by atomic mass is 9.99. The number of aryl methyl sites for hydroxylation is 1. The highest BCUT2D eigenvalue weighted by Gasteiger charge is 2.27. The van der Waals surface area contributed by atoms with Gasteiger partial charge in [0.15, 0.2) is 0 Å². The van der Waals surface area contributed by atoms with Crippen LogP contribution in [0.3, 0.4) is 0 Å². The fourth-order valence-electron chi connectivity index (χ4n) is 3.14. The second-order valence-electron chi connectivity index (χ2n) is 6.24. The van der Waals surface area contributed by atoms with Crippen LogP contribution in [0.1, 0.15) is 16.8 Å². The minimum Gasteiger partial charge on any atom is -0.468 e. The van der Waals surface area contributed by atoms with Crippen LogP contribution in [0.15, 0.2) is 42.5 Å². The van der Waals surface area contributed by atoms with Gasteiger partial charge in [-0.05, 0) is 36.2 Å². The third-order valence-corrected chi connectivity index (χ3v) is 4.33. The molecule has 0 bridgehead atoms. The Morgan fingerprint density at radius 3 is 2.50 bits per heavy atom. The van der Waals surface area contributed by atoms with E-state index in [1.54, 1.807) is 6.92 Å². The average molecular weight is 358 g/mol. The van der Waals surface area contributed by atoms with E-state index in [0.717, 1.165) is 11.6 Å². The Hall–Kier alpha value is -2.73. The van der Waals surface area contributed by atoms with E-state index in [2.05, 4.69) is 22.4 Å². The number of carbonyl (C=O) groups is 1. The monoisotopic (exact) mass is 358 g/mol. The molecule has 0 radical (unpaired) electrons. The molecule has 26 heavy (non-hydrogen) atoms. The van der Waals surface area contributed by atoms with Crippen molar-refractivity contribution in [1.29, 1.82) is 0 Å². The summed E-state index contributed by atoms with van der Waals surface area (Å²) >= 11 is 0. The molecule has 2 aromatic carbocycles. The molecule has 1 aliphatic rings. The van der Waals surface area contributed by atoms with Gasteiger partial charge >= 0.3 is 5.97 Å². The van der Waals surface area contributed by atoms with Crippen molar-refractivity contribution in [1.82, 2.24) is 10.3 Å². The van der Waals surface area contributed by atoms with Crippen molar-refractivity contribution in [2.24, 2.45) is 0 Å². The number of carbonyl (C=O) groups excluding carboxylic acids is 1. The number of aromatic nitrogens is 1. The number of hydrogen-bond donors (Lipinski definition) is 2. The van der Waals surface area contributed by atoms with Crippen molar-refractivity contribution in [2.75, 3.05) is 7.11 Å². The molecule has 1 unspecified atom stereocenters. The third-order valence-electron chi connectivity index (χ3n) is 4.33. The summed E-state index contributed by atoms with van der Waals surface area (Å²) in [6.45, 7) is 2.33. The quantitative estimate of drug-likeness (QED) is 0.653. The maximum Gasteiger partial charge on any atom is 0.323 e. The van der Waals surface area contributed by atoms with Gasteiger partial charge in [0, 0.05) is 35.6 Å². The summed E-state index contributed by atoms with van der Waals surface area (Å²) in [4.78, 5) is 14.9. The van der Waals surface area contributed by atoms with Crippen LogP contribution in [-0.4, -0.2) is 24.1 Å². The minimum atomic E-state index is -0.521. The highest BCUT2D eigenvalue weighted by atomic mass is 19.1. The molecular formula is C20H20F2N2O2. The number of esters is 1. The smallest absolute Gasteiger partial charge is 0.323 e. The molecule has 136 valence electrons. The Labute approximate surface area is 150 Å². The maximum absolute atomic E-state index is 12.2. The highest BCUT2D eigenvalue weighted by molar-refractivity contribution is 5.86. The summed E-state index contributed by atoms with van der Waals surface area (Å²) in [5, 5.41) is 4.39. The molecule has 3 aromatic rings. The molecule has 1 aromatic heterocycles. The fraction of sp³-hybridized carbons (Fsp3) is 0.250. The largest absolute Gasteiger partial charge is 0.468 e. The van der Waals surface area contributed by atoms with E-state index < -0.39 is 11.6 Å². The molecule has 0 fully saturated rings.